The van der Waals surface area contributed by atoms with Gasteiger partial charge in [0.2, 0.25) is 0 Å². The summed E-state index contributed by atoms with van der Waals surface area (Å²) in [5, 5.41) is 3.70. The van der Waals surface area contributed by atoms with Crippen molar-refractivity contribution in [3.8, 4) is 0 Å². The third-order valence-corrected chi connectivity index (χ3v) is 4.41. The van der Waals surface area contributed by atoms with Crippen molar-refractivity contribution in [2.75, 3.05) is 46.4 Å². The molecule has 2 heterocycles. The molecule has 2 saturated heterocycles. The molecule has 1 N–H and O–H groups in total. The number of piperidine rings is 1. The third kappa shape index (κ3) is 4.23. The second-order valence-corrected chi connectivity index (χ2v) is 6.32. The average molecular weight is 240 g/mol. The molecule has 17 heavy (non-hydrogen) atoms. The Hall–Kier alpha value is -0.120. The lowest BCUT2D eigenvalue weighted by atomic mass is 9.82. The molecule has 2 rings (SSSR count). The number of likely N-dealkylation sites (tertiary alicyclic amines) is 1. The molecule has 0 aromatic rings. The van der Waals surface area contributed by atoms with Gasteiger partial charge in [0.1, 0.15) is 0 Å². The summed E-state index contributed by atoms with van der Waals surface area (Å²) in [6, 6.07) is 0. The minimum atomic E-state index is 0.471. The summed E-state index contributed by atoms with van der Waals surface area (Å²) >= 11 is 0. The lowest BCUT2D eigenvalue weighted by molar-refractivity contribution is 0.0234. The van der Waals surface area contributed by atoms with Crippen LogP contribution in [0, 0.1) is 11.3 Å². The normalized spacial score (nSPS) is 30.4. The maximum absolute atomic E-state index is 5.44. The monoisotopic (exact) mass is 240 g/mol. The van der Waals surface area contributed by atoms with Crippen LogP contribution in [-0.2, 0) is 4.74 Å². The highest BCUT2D eigenvalue weighted by molar-refractivity contribution is 4.81. The molecule has 100 valence electrons. The van der Waals surface area contributed by atoms with E-state index in [1.807, 2.05) is 0 Å². The maximum Gasteiger partial charge on any atom is 0.0471 e. The SMILES string of the molecule is CN1CCCC(CNCC2(C)CCOCC2)C1. The Balaban J connectivity index is 1.64. The molecule has 1 atom stereocenters. The van der Waals surface area contributed by atoms with E-state index in [-0.39, 0.29) is 0 Å². The van der Waals surface area contributed by atoms with E-state index >= 15 is 0 Å². The largest absolute Gasteiger partial charge is 0.381 e. The van der Waals surface area contributed by atoms with Crippen LogP contribution in [0.4, 0.5) is 0 Å². The van der Waals surface area contributed by atoms with Gasteiger partial charge in [-0.3, -0.25) is 0 Å². The number of nitrogens with one attached hydrogen (secondary N) is 1. The van der Waals surface area contributed by atoms with Crippen LogP contribution in [-0.4, -0.2) is 51.3 Å². The van der Waals surface area contributed by atoms with Gasteiger partial charge in [-0.25, -0.2) is 0 Å². The number of rotatable bonds is 4. The average Bonchev–Trinajstić information content (AvgIpc) is 2.30. The second kappa shape index (κ2) is 6.17. The van der Waals surface area contributed by atoms with Crippen LogP contribution in [0.5, 0.6) is 0 Å². The van der Waals surface area contributed by atoms with Crippen LogP contribution in [0.3, 0.4) is 0 Å². The van der Waals surface area contributed by atoms with Crippen molar-refractivity contribution in [3.63, 3.8) is 0 Å². The number of nitrogens with zero attached hydrogens (tertiary/aromatic N) is 1. The van der Waals surface area contributed by atoms with Gasteiger partial charge in [-0.2, -0.15) is 0 Å². The molecular formula is C14H28N2O. The van der Waals surface area contributed by atoms with Gasteiger partial charge in [-0.1, -0.05) is 6.92 Å². The highest BCUT2D eigenvalue weighted by Crippen LogP contribution is 2.28. The molecule has 0 aromatic carbocycles. The molecule has 2 aliphatic rings. The predicted octanol–water partition coefficient (Wildman–Crippen LogP) is 1.73. The summed E-state index contributed by atoms with van der Waals surface area (Å²) in [5.74, 6) is 0.859. The summed E-state index contributed by atoms with van der Waals surface area (Å²) in [6.07, 6.45) is 5.19. The van der Waals surface area contributed by atoms with Crippen molar-refractivity contribution in [1.82, 2.24) is 10.2 Å². The molecule has 0 radical (unpaired) electrons. The fourth-order valence-electron chi connectivity index (χ4n) is 3.06. The van der Waals surface area contributed by atoms with Gasteiger partial charge in [0.05, 0.1) is 0 Å². The van der Waals surface area contributed by atoms with Crippen molar-refractivity contribution in [2.24, 2.45) is 11.3 Å². The van der Waals surface area contributed by atoms with E-state index < -0.39 is 0 Å². The van der Waals surface area contributed by atoms with Gasteiger partial charge in [-0.15, -0.1) is 0 Å². The zero-order valence-electron chi connectivity index (χ0n) is 11.5. The Bertz CT molecular complexity index is 226. The van der Waals surface area contributed by atoms with E-state index in [1.54, 1.807) is 0 Å². The third-order valence-electron chi connectivity index (χ3n) is 4.41. The minimum Gasteiger partial charge on any atom is -0.381 e. The Kier molecular flexibility index (Phi) is 4.83. The topological polar surface area (TPSA) is 24.5 Å². The summed E-state index contributed by atoms with van der Waals surface area (Å²) in [4.78, 5) is 2.46. The van der Waals surface area contributed by atoms with Gasteiger partial charge in [0.25, 0.3) is 0 Å². The van der Waals surface area contributed by atoms with Crippen molar-refractivity contribution in [2.45, 2.75) is 32.6 Å². The molecule has 1 unspecified atom stereocenters. The van der Waals surface area contributed by atoms with E-state index in [9.17, 15) is 0 Å². The van der Waals surface area contributed by atoms with E-state index in [0.717, 1.165) is 25.7 Å². The highest BCUT2D eigenvalue weighted by Gasteiger charge is 2.27. The highest BCUT2D eigenvalue weighted by atomic mass is 16.5. The zero-order valence-corrected chi connectivity index (χ0v) is 11.5. The lowest BCUT2D eigenvalue weighted by Crippen LogP contribution is -2.42. The van der Waals surface area contributed by atoms with E-state index in [4.69, 9.17) is 4.74 Å². The Labute approximate surface area is 106 Å². The standard InChI is InChI=1S/C14H28N2O/c1-14(5-8-17-9-6-14)12-15-10-13-4-3-7-16(2)11-13/h13,15H,3-12H2,1-2H3. The summed E-state index contributed by atoms with van der Waals surface area (Å²) < 4.78 is 5.44. The molecule has 0 spiro atoms. The van der Waals surface area contributed by atoms with Crippen molar-refractivity contribution >= 4 is 0 Å². The fraction of sp³-hybridized carbons (Fsp3) is 1.00. The van der Waals surface area contributed by atoms with Gasteiger partial charge in [0.15, 0.2) is 0 Å². The number of hydrogen-bond donors (Lipinski definition) is 1. The number of ether oxygens (including phenoxy) is 1. The minimum absolute atomic E-state index is 0.471. The Morgan fingerprint density at radius 2 is 2.12 bits per heavy atom. The first kappa shape index (κ1) is 13.3. The molecule has 0 bridgehead atoms. The van der Waals surface area contributed by atoms with Crippen LogP contribution in [0.15, 0.2) is 0 Å². The lowest BCUT2D eigenvalue weighted by Gasteiger charge is -2.35. The van der Waals surface area contributed by atoms with Gasteiger partial charge < -0.3 is 15.0 Å². The number of hydrogen-bond acceptors (Lipinski definition) is 3. The van der Waals surface area contributed by atoms with Crippen LogP contribution in [0.2, 0.25) is 0 Å². The van der Waals surface area contributed by atoms with E-state index in [2.05, 4.69) is 24.2 Å². The van der Waals surface area contributed by atoms with Crippen LogP contribution >= 0.6 is 0 Å². The first-order valence-corrected chi connectivity index (χ1v) is 7.15. The summed E-state index contributed by atoms with van der Waals surface area (Å²) in [6.45, 7) is 9.21. The predicted molar refractivity (Wildman–Crippen MR) is 71.3 cm³/mol. The molecule has 3 heteroatoms. The van der Waals surface area contributed by atoms with Crippen LogP contribution in [0.1, 0.15) is 32.6 Å². The van der Waals surface area contributed by atoms with Crippen LogP contribution < -0.4 is 5.32 Å². The summed E-state index contributed by atoms with van der Waals surface area (Å²) in [5.41, 5.74) is 0.471. The molecule has 0 saturated carbocycles. The van der Waals surface area contributed by atoms with Crippen molar-refractivity contribution < 1.29 is 4.74 Å². The first-order chi connectivity index (χ1) is 8.18. The smallest absolute Gasteiger partial charge is 0.0471 e. The fourth-order valence-corrected chi connectivity index (χ4v) is 3.06. The van der Waals surface area contributed by atoms with E-state index in [1.165, 1.54) is 45.3 Å². The zero-order chi connectivity index (χ0) is 12.1. The van der Waals surface area contributed by atoms with E-state index in [0.29, 0.717) is 5.41 Å². The molecular weight excluding hydrogens is 212 g/mol. The second-order valence-electron chi connectivity index (χ2n) is 6.32. The van der Waals surface area contributed by atoms with Gasteiger partial charge >= 0.3 is 0 Å². The molecule has 3 nitrogen and oxygen atoms in total. The van der Waals surface area contributed by atoms with Crippen LogP contribution in [0.25, 0.3) is 0 Å². The molecule has 0 aliphatic carbocycles. The molecule has 0 amide bonds. The van der Waals surface area contributed by atoms with Crippen molar-refractivity contribution in [3.05, 3.63) is 0 Å². The maximum atomic E-state index is 5.44. The van der Waals surface area contributed by atoms with Gasteiger partial charge in [-0.05, 0) is 57.2 Å². The Morgan fingerprint density at radius 3 is 2.82 bits per heavy atom. The Morgan fingerprint density at radius 1 is 1.35 bits per heavy atom. The van der Waals surface area contributed by atoms with Gasteiger partial charge in [0, 0.05) is 26.3 Å². The first-order valence-electron chi connectivity index (χ1n) is 7.15. The summed E-state index contributed by atoms with van der Waals surface area (Å²) in [7, 11) is 2.24. The quantitative estimate of drug-likeness (QED) is 0.810. The molecule has 2 aliphatic heterocycles. The molecule has 2 fully saturated rings. The van der Waals surface area contributed by atoms with Crippen molar-refractivity contribution in [1.29, 1.82) is 0 Å². The molecule has 0 aromatic heterocycles.